The van der Waals surface area contributed by atoms with Crippen LogP contribution in [0.1, 0.15) is 69.4 Å². The molecule has 4 nitrogen and oxygen atoms in total. The van der Waals surface area contributed by atoms with Gasteiger partial charge in [0.25, 0.3) is 0 Å². The molecule has 1 fully saturated rings. The second-order valence-corrected chi connectivity index (χ2v) is 6.75. The minimum Gasteiger partial charge on any atom is -0.507 e. The topological polar surface area (TPSA) is 77.0 Å². The van der Waals surface area contributed by atoms with Gasteiger partial charge in [-0.15, -0.1) is 0 Å². The van der Waals surface area contributed by atoms with Gasteiger partial charge in [-0.25, -0.2) is 0 Å². The quantitative estimate of drug-likeness (QED) is 0.723. The highest BCUT2D eigenvalue weighted by atomic mass is 16.5. The average molecular weight is 326 g/mol. The Morgan fingerprint density at radius 1 is 1.04 bits per heavy atom. The summed E-state index contributed by atoms with van der Waals surface area (Å²) in [5, 5.41) is 28.0. The van der Waals surface area contributed by atoms with Gasteiger partial charge in [0.1, 0.15) is 34.8 Å². The molecular weight excluding hydrogens is 300 g/mol. The number of benzene rings is 1. The van der Waals surface area contributed by atoms with Crippen molar-refractivity contribution in [3.8, 4) is 23.6 Å². The van der Waals surface area contributed by atoms with E-state index in [1.165, 1.54) is 57.4 Å². The molecule has 24 heavy (non-hydrogen) atoms. The summed E-state index contributed by atoms with van der Waals surface area (Å²) in [6, 6.07) is 6.83. The van der Waals surface area contributed by atoms with E-state index in [0.717, 1.165) is 5.92 Å². The first-order valence-electron chi connectivity index (χ1n) is 8.98. The zero-order valence-corrected chi connectivity index (χ0v) is 14.4. The number of ether oxygens (including phenoxy) is 1. The maximum absolute atomic E-state index is 9.65. The fraction of sp³-hybridized carbons (Fsp3) is 0.600. The van der Waals surface area contributed by atoms with Crippen LogP contribution in [0, 0.1) is 34.5 Å². The molecule has 0 heterocycles. The van der Waals surface area contributed by atoms with Gasteiger partial charge in [0.15, 0.2) is 0 Å². The van der Waals surface area contributed by atoms with Crippen molar-refractivity contribution in [3.05, 3.63) is 23.3 Å². The van der Waals surface area contributed by atoms with Gasteiger partial charge in [0, 0.05) is 0 Å². The van der Waals surface area contributed by atoms with Crippen molar-refractivity contribution in [2.75, 3.05) is 6.61 Å². The number of nitriles is 2. The van der Waals surface area contributed by atoms with E-state index in [9.17, 15) is 10.4 Å². The van der Waals surface area contributed by atoms with E-state index in [0.29, 0.717) is 18.3 Å². The number of rotatable bonds is 7. The van der Waals surface area contributed by atoms with Crippen LogP contribution in [0.4, 0.5) is 0 Å². The number of hydrogen-bond acceptors (Lipinski definition) is 4. The van der Waals surface area contributed by atoms with Crippen LogP contribution in [-0.2, 0) is 0 Å². The smallest absolute Gasteiger partial charge is 0.138 e. The summed E-state index contributed by atoms with van der Waals surface area (Å²) in [5.41, 5.74) is 0.125. The summed E-state index contributed by atoms with van der Waals surface area (Å²) in [7, 11) is 0. The SMILES string of the molecule is CCCCCC1CCC(COc2ccc(O)c(C#N)c2C#N)CC1. The molecule has 0 saturated heterocycles. The highest BCUT2D eigenvalue weighted by molar-refractivity contribution is 5.59. The molecule has 4 heteroatoms. The Morgan fingerprint density at radius 2 is 1.71 bits per heavy atom. The van der Waals surface area contributed by atoms with Gasteiger partial charge in [-0.3, -0.25) is 0 Å². The first-order chi connectivity index (χ1) is 11.7. The van der Waals surface area contributed by atoms with Crippen molar-refractivity contribution in [1.29, 1.82) is 10.5 Å². The van der Waals surface area contributed by atoms with Gasteiger partial charge in [0.05, 0.1) is 6.61 Å². The maximum Gasteiger partial charge on any atom is 0.138 e. The maximum atomic E-state index is 9.65. The van der Waals surface area contributed by atoms with Gasteiger partial charge in [-0.05, 0) is 36.8 Å². The Morgan fingerprint density at radius 3 is 2.33 bits per heavy atom. The largest absolute Gasteiger partial charge is 0.507 e. The molecule has 1 aliphatic carbocycles. The third kappa shape index (κ3) is 4.65. The summed E-state index contributed by atoms with van der Waals surface area (Å²) in [5.74, 6) is 1.60. The lowest BCUT2D eigenvalue weighted by molar-refractivity contribution is 0.177. The molecule has 128 valence electrons. The molecule has 0 bridgehead atoms. The molecule has 0 radical (unpaired) electrons. The van der Waals surface area contributed by atoms with E-state index in [-0.39, 0.29) is 16.9 Å². The number of phenols is 1. The third-order valence-corrected chi connectivity index (χ3v) is 5.03. The van der Waals surface area contributed by atoms with Crippen molar-refractivity contribution in [3.63, 3.8) is 0 Å². The first kappa shape index (κ1) is 18.1. The fourth-order valence-corrected chi connectivity index (χ4v) is 3.49. The predicted molar refractivity (Wildman–Crippen MR) is 92.6 cm³/mol. The lowest BCUT2D eigenvalue weighted by Crippen LogP contribution is -2.20. The normalized spacial score (nSPS) is 20.1. The molecule has 0 unspecified atom stereocenters. The van der Waals surface area contributed by atoms with Crippen molar-refractivity contribution >= 4 is 0 Å². The second kappa shape index (κ2) is 9.18. The van der Waals surface area contributed by atoms with E-state index in [1.54, 1.807) is 6.07 Å². The van der Waals surface area contributed by atoms with E-state index in [2.05, 4.69) is 6.92 Å². The number of phenolic OH excluding ortho intramolecular Hbond substituents is 1. The molecular formula is C20H26N2O2. The molecule has 1 N–H and O–H groups in total. The molecule has 0 atom stereocenters. The van der Waals surface area contributed by atoms with Gasteiger partial charge >= 0.3 is 0 Å². The molecule has 1 aromatic carbocycles. The predicted octanol–water partition coefficient (Wildman–Crippen LogP) is 4.90. The van der Waals surface area contributed by atoms with E-state index < -0.39 is 0 Å². The van der Waals surface area contributed by atoms with Crippen LogP contribution in [0.25, 0.3) is 0 Å². The first-order valence-corrected chi connectivity index (χ1v) is 8.98. The van der Waals surface area contributed by atoms with Crippen LogP contribution in [0.5, 0.6) is 11.5 Å². The van der Waals surface area contributed by atoms with Crippen LogP contribution >= 0.6 is 0 Å². The van der Waals surface area contributed by atoms with Crippen LogP contribution in [0.15, 0.2) is 12.1 Å². The molecule has 1 aromatic rings. The summed E-state index contributed by atoms with van der Waals surface area (Å²) in [4.78, 5) is 0. The Hall–Kier alpha value is -2.20. The Labute approximate surface area is 144 Å². The zero-order chi connectivity index (χ0) is 17.4. The summed E-state index contributed by atoms with van der Waals surface area (Å²) in [6.07, 6.45) is 10.2. The zero-order valence-electron chi connectivity index (χ0n) is 14.4. The van der Waals surface area contributed by atoms with Crippen LogP contribution in [0.3, 0.4) is 0 Å². The van der Waals surface area contributed by atoms with Crippen LogP contribution in [-0.4, -0.2) is 11.7 Å². The van der Waals surface area contributed by atoms with Crippen molar-refractivity contribution < 1.29 is 9.84 Å². The highest BCUT2D eigenvalue weighted by Crippen LogP contribution is 2.34. The second-order valence-electron chi connectivity index (χ2n) is 6.75. The molecule has 0 amide bonds. The lowest BCUT2D eigenvalue weighted by atomic mass is 9.80. The van der Waals surface area contributed by atoms with Gasteiger partial charge in [0.2, 0.25) is 0 Å². The number of unbranched alkanes of at least 4 members (excludes halogenated alkanes) is 2. The minimum atomic E-state index is -0.172. The monoisotopic (exact) mass is 326 g/mol. The Balaban J connectivity index is 1.85. The van der Waals surface area contributed by atoms with Crippen molar-refractivity contribution in [2.45, 2.75) is 58.3 Å². The van der Waals surface area contributed by atoms with Crippen LogP contribution in [0.2, 0.25) is 0 Å². The van der Waals surface area contributed by atoms with Crippen molar-refractivity contribution in [2.24, 2.45) is 11.8 Å². The third-order valence-electron chi connectivity index (χ3n) is 5.03. The molecule has 1 saturated carbocycles. The van der Waals surface area contributed by atoms with Crippen LogP contribution < -0.4 is 4.74 Å². The summed E-state index contributed by atoms with van der Waals surface area (Å²) in [6.45, 7) is 2.82. The summed E-state index contributed by atoms with van der Waals surface area (Å²) < 4.78 is 5.81. The number of hydrogen-bond donors (Lipinski definition) is 1. The molecule has 0 aromatic heterocycles. The highest BCUT2D eigenvalue weighted by Gasteiger charge is 2.22. The molecule has 1 aliphatic rings. The molecule has 2 rings (SSSR count). The Kier molecular flexibility index (Phi) is 6.94. The lowest BCUT2D eigenvalue weighted by Gasteiger charge is -2.28. The standard InChI is InChI=1S/C20H26N2O2/c1-2-3-4-5-15-6-8-16(9-7-15)14-24-20-11-10-19(23)17(12-21)18(20)13-22/h10-11,15-16,23H,2-9,14H2,1H3. The summed E-state index contributed by atoms with van der Waals surface area (Å²) >= 11 is 0. The molecule has 0 aliphatic heterocycles. The average Bonchev–Trinajstić information content (AvgIpc) is 2.61. The van der Waals surface area contributed by atoms with E-state index in [4.69, 9.17) is 10.00 Å². The Bertz CT molecular complexity index is 620. The van der Waals surface area contributed by atoms with E-state index >= 15 is 0 Å². The minimum absolute atomic E-state index is 0.00497. The number of aromatic hydroxyl groups is 1. The molecule has 0 spiro atoms. The van der Waals surface area contributed by atoms with Gasteiger partial charge in [-0.2, -0.15) is 10.5 Å². The van der Waals surface area contributed by atoms with E-state index in [1.807, 2.05) is 12.1 Å². The van der Waals surface area contributed by atoms with Crippen molar-refractivity contribution in [1.82, 2.24) is 0 Å². The number of nitrogens with zero attached hydrogens (tertiary/aromatic N) is 2. The fourth-order valence-electron chi connectivity index (χ4n) is 3.49. The van der Waals surface area contributed by atoms with Gasteiger partial charge in [-0.1, -0.05) is 45.4 Å². The van der Waals surface area contributed by atoms with Gasteiger partial charge < -0.3 is 9.84 Å².